The van der Waals surface area contributed by atoms with Gasteiger partial charge < -0.3 is 20.1 Å². The second-order valence-corrected chi connectivity index (χ2v) is 9.84. The molecule has 0 unspecified atom stereocenters. The zero-order chi connectivity index (χ0) is 24.7. The second-order valence-electron chi connectivity index (χ2n) is 8.01. The van der Waals surface area contributed by atoms with Gasteiger partial charge in [-0.2, -0.15) is 0 Å². The Balaban J connectivity index is 1.89. The molecule has 3 rings (SSSR count). The highest BCUT2D eigenvalue weighted by Gasteiger charge is 2.21. The van der Waals surface area contributed by atoms with Crippen LogP contribution in [0, 0.1) is 5.92 Å². The molecule has 0 heterocycles. The van der Waals surface area contributed by atoms with Crippen molar-refractivity contribution < 1.29 is 19.1 Å². The van der Waals surface area contributed by atoms with Gasteiger partial charge in [-0.3, -0.25) is 9.59 Å². The first-order chi connectivity index (χ1) is 16.3. The first-order valence-corrected chi connectivity index (χ1v) is 12.3. The van der Waals surface area contributed by atoms with E-state index in [-0.39, 0.29) is 11.8 Å². The van der Waals surface area contributed by atoms with Crippen molar-refractivity contribution in [3.63, 3.8) is 0 Å². The fraction of sp³-hybridized carbons (Fsp3) is 0.231. The molecule has 6 nitrogen and oxygen atoms in total. The van der Waals surface area contributed by atoms with Gasteiger partial charge in [0, 0.05) is 20.1 Å². The van der Waals surface area contributed by atoms with E-state index in [0.717, 1.165) is 8.95 Å². The standard InChI is InChI=1S/C26H26Br2N2O4/c1-16(2)15-34-22-13-8-19(14-23(22)33-3)24(29-25(31)17-4-9-20(27)10-5-17)30-26(32)18-6-11-21(28)12-7-18/h4-14,16,24H,15H2,1-3H3,(H,29,31)(H,30,32). The van der Waals surface area contributed by atoms with E-state index in [2.05, 4.69) is 56.3 Å². The molecule has 0 radical (unpaired) electrons. The van der Waals surface area contributed by atoms with Gasteiger partial charge in [0.25, 0.3) is 11.8 Å². The zero-order valence-electron chi connectivity index (χ0n) is 19.1. The second kappa shape index (κ2) is 12.0. The molecule has 2 N–H and O–H groups in total. The molecule has 0 spiro atoms. The molecular weight excluding hydrogens is 564 g/mol. The number of ether oxygens (including phenoxy) is 2. The number of hydrogen-bond donors (Lipinski definition) is 2. The fourth-order valence-electron chi connectivity index (χ4n) is 3.07. The molecule has 0 saturated carbocycles. The third kappa shape index (κ3) is 7.08. The molecule has 34 heavy (non-hydrogen) atoms. The van der Waals surface area contributed by atoms with Gasteiger partial charge >= 0.3 is 0 Å². The van der Waals surface area contributed by atoms with Crippen molar-refractivity contribution in [1.29, 1.82) is 0 Å². The summed E-state index contributed by atoms with van der Waals surface area (Å²) in [6.45, 7) is 4.66. The van der Waals surface area contributed by atoms with E-state index >= 15 is 0 Å². The summed E-state index contributed by atoms with van der Waals surface area (Å²) in [6, 6.07) is 19.3. The summed E-state index contributed by atoms with van der Waals surface area (Å²) in [5.74, 6) is 0.809. The molecule has 0 aromatic heterocycles. The molecule has 0 aliphatic heterocycles. The van der Waals surface area contributed by atoms with Crippen LogP contribution in [0.4, 0.5) is 0 Å². The minimum Gasteiger partial charge on any atom is -0.493 e. The SMILES string of the molecule is COc1cc(C(NC(=O)c2ccc(Br)cc2)NC(=O)c2ccc(Br)cc2)ccc1OCC(C)C. The first-order valence-electron chi connectivity index (χ1n) is 10.7. The average molecular weight is 590 g/mol. The van der Waals surface area contributed by atoms with Crippen molar-refractivity contribution in [2.75, 3.05) is 13.7 Å². The Morgan fingerprint density at radius 3 is 1.74 bits per heavy atom. The first kappa shape index (κ1) is 25.8. The lowest BCUT2D eigenvalue weighted by molar-refractivity contribution is 0.0883. The van der Waals surface area contributed by atoms with E-state index in [9.17, 15) is 9.59 Å². The number of nitrogens with one attached hydrogen (secondary N) is 2. The van der Waals surface area contributed by atoms with Crippen LogP contribution in [-0.4, -0.2) is 25.5 Å². The molecule has 3 aromatic carbocycles. The quantitative estimate of drug-likeness (QED) is 0.295. The molecule has 3 aromatic rings. The van der Waals surface area contributed by atoms with Crippen molar-refractivity contribution in [2.45, 2.75) is 20.0 Å². The van der Waals surface area contributed by atoms with Gasteiger partial charge in [0.15, 0.2) is 11.5 Å². The lowest BCUT2D eigenvalue weighted by Crippen LogP contribution is -2.41. The maximum atomic E-state index is 13.0. The molecule has 178 valence electrons. The predicted molar refractivity (Wildman–Crippen MR) is 139 cm³/mol. The highest BCUT2D eigenvalue weighted by molar-refractivity contribution is 9.10. The number of carbonyl (C=O) groups is 2. The van der Waals surface area contributed by atoms with E-state index in [0.29, 0.717) is 40.7 Å². The number of rotatable bonds is 9. The zero-order valence-corrected chi connectivity index (χ0v) is 22.3. The molecule has 0 saturated heterocycles. The van der Waals surface area contributed by atoms with Crippen LogP contribution in [0.15, 0.2) is 75.7 Å². The molecule has 8 heteroatoms. The number of amides is 2. The van der Waals surface area contributed by atoms with E-state index in [1.54, 1.807) is 73.8 Å². The summed E-state index contributed by atoms with van der Waals surface area (Å²) in [6.07, 6.45) is -0.805. The van der Waals surface area contributed by atoms with Gasteiger partial charge in [-0.1, -0.05) is 51.8 Å². The van der Waals surface area contributed by atoms with Crippen LogP contribution in [0.5, 0.6) is 11.5 Å². The van der Waals surface area contributed by atoms with Crippen molar-refractivity contribution in [1.82, 2.24) is 10.6 Å². The normalized spacial score (nSPS) is 10.8. The lowest BCUT2D eigenvalue weighted by atomic mass is 10.1. The number of hydrogen-bond acceptors (Lipinski definition) is 4. The maximum Gasteiger partial charge on any atom is 0.253 e. The monoisotopic (exact) mass is 588 g/mol. The number of halogens is 2. The van der Waals surface area contributed by atoms with Gasteiger partial charge in [0.1, 0.15) is 6.17 Å². The highest BCUT2D eigenvalue weighted by atomic mass is 79.9. The van der Waals surface area contributed by atoms with E-state index in [4.69, 9.17) is 9.47 Å². The Hall–Kier alpha value is -2.84. The summed E-state index contributed by atoms with van der Waals surface area (Å²) in [4.78, 5) is 25.9. The minimum atomic E-state index is -0.805. The van der Waals surface area contributed by atoms with Crippen LogP contribution in [0.2, 0.25) is 0 Å². The third-order valence-electron chi connectivity index (χ3n) is 4.86. The molecular formula is C26H26Br2N2O4. The highest BCUT2D eigenvalue weighted by Crippen LogP contribution is 2.30. The van der Waals surface area contributed by atoms with Crippen LogP contribution in [0.3, 0.4) is 0 Å². The number of benzene rings is 3. The Morgan fingerprint density at radius 2 is 1.29 bits per heavy atom. The summed E-state index contributed by atoms with van der Waals surface area (Å²) in [7, 11) is 1.55. The van der Waals surface area contributed by atoms with Crippen molar-refractivity contribution in [3.8, 4) is 11.5 Å². The third-order valence-corrected chi connectivity index (χ3v) is 5.91. The fourth-order valence-corrected chi connectivity index (χ4v) is 3.60. The summed E-state index contributed by atoms with van der Waals surface area (Å²) >= 11 is 6.74. The van der Waals surface area contributed by atoms with Crippen LogP contribution in [0.1, 0.15) is 46.3 Å². The van der Waals surface area contributed by atoms with Crippen molar-refractivity contribution in [2.24, 2.45) is 5.92 Å². The lowest BCUT2D eigenvalue weighted by Gasteiger charge is -2.22. The van der Waals surface area contributed by atoms with Gasteiger partial charge in [0.05, 0.1) is 13.7 Å². The Morgan fingerprint density at radius 1 is 0.794 bits per heavy atom. The van der Waals surface area contributed by atoms with Crippen molar-refractivity contribution >= 4 is 43.7 Å². The van der Waals surface area contributed by atoms with E-state index < -0.39 is 6.17 Å². The van der Waals surface area contributed by atoms with Crippen LogP contribution in [0.25, 0.3) is 0 Å². The number of methoxy groups -OCH3 is 1. The largest absolute Gasteiger partial charge is 0.493 e. The van der Waals surface area contributed by atoms with Gasteiger partial charge in [-0.05, 0) is 72.1 Å². The van der Waals surface area contributed by atoms with Gasteiger partial charge in [-0.25, -0.2) is 0 Å². The summed E-state index contributed by atoms with van der Waals surface area (Å²) in [5, 5.41) is 5.82. The Bertz CT molecular complexity index is 1070. The molecule has 0 aliphatic rings. The topological polar surface area (TPSA) is 76.7 Å². The molecule has 0 bridgehead atoms. The molecule has 0 aliphatic carbocycles. The van der Waals surface area contributed by atoms with Crippen LogP contribution >= 0.6 is 31.9 Å². The van der Waals surface area contributed by atoms with Crippen LogP contribution < -0.4 is 20.1 Å². The Labute approximate surface area is 216 Å². The van der Waals surface area contributed by atoms with E-state index in [1.807, 2.05) is 0 Å². The smallest absolute Gasteiger partial charge is 0.253 e. The Kier molecular flexibility index (Phi) is 9.12. The molecule has 2 amide bonds. The number of carbonyl (C=O) groups excluding carboxylic acids is 2. The average Bonchev–Trinajstić information content (AvgIpc) is 2.82. The van der Waals surface area contributed by atoms with E-state index in [1.165, 1.54) is 0 Å². The van der Waals surface area contributed by atoms with Crippen LogP contribution in [-0.2, 0) is 0 Å². The minimum absolute atomic E-state index is 0.326. The van der Waals surface area contributed by atoms with Gasteiger partial charge in [-0.15, -0.1) is 0 Å². The predicted octanol–water partition coefficient (Wildman–Crippen LogP) is 6.11. The maximum absolute atomic E-state index is 13.0. The molecule has 0 fully saturated rings. The van der Waals surface area contributed by atoms with Gasteiger partial charge in [0.2, 0.25) is 0 Å². The summed E-state index contributed by atoms with van der Waals surface area (Å²) in [5.41, 5.74) is 1.58. The summed E-state index contributed by atoms with van der Waals surface area (Å²) < 4.78 is 13.1. The van der Waals surface area contributed by atoms with Crippen molar-refractivity contribution in [3.05, 3.63) is 92.4 Å². The molecule has 0 atom stereocenters.